The number of amides is 1. The van der Waals surface area contributed by atoms with E-state index in [1.165, 1.54) is 5.56 Å². The number of hydrogen-bond donors (Lipinski definition) is 1. The molecule has 106 valence electrons. The first-order valence-corrected chi connectivity index (χ1v) is 6.85. The van der Waals surface area contributed by atoms with Gasteiger partial charge in [-0.15, -0.1) is 0 Å². The second-order valence-electron chi connectivity index (χ2n) is 5.57. The first-order chi connectivity index (χ1) is 8.81. The summed E-state index contributed by atoms with van der Waals surface area (Å²) >= 11 is 0. The van der Waals surface area contributed by atoms with E-state index in [0.717, 1.165) is 11.3 Å². The second-order valence-corrected chi connectivity index (χ2v) is 5.57. The van der Waals surface area contributed by atoms with E-state index in [4.69, 9.17) is 4.74 Å². The fourth-order valence-electron chi connectivity index (χ4n) is 1.68. The number of carbonyl (C=O) groups is 1. The third-order valence-electron chi connectivity index (χ3n) is 3.37. The maximum Gasteiger partial charge on any atom is 0.260 e. The minimum Gasteiger partial charge on any atom is -0.481 e. The lowest BCUT2D eigenvalue weighted by atomic mass is 10.1. The van der Waals surface area contributed by atoms with E-state index in [2.05, 4.69) is 25.2 Å². The first-order valence-electron chi connectivity index (χ1n) is 6.85. The van der Waals surface area contributed by atoms with E-state index in [0.29, 0.717) is 5.92 Å². The van der Waals surface area contributed by atoms with Crippen LogP contribution in [0.25, 0.3) is 0 Å². The maximum absolute atomic E-state index is 12.0. The number of hydrogen-bond acceptors (Lipinski definition) is 2. The molecule has 2 atom stereocenters. The SMILES string of the molecule is Cc1ccc(O[C@H](C)C(=O)N[C@@H](C)C(C)C)c(C)c1. The molecule has 1 rings (SSSR count). The molecule has 0 saturated carbocycles. The van der Waals surface area contributed by atoms with Crippen LogP contribution in [-0.2, 0) is 4.79 Å². The van der Waals surface area contributed by atoms with E-state index in [9.17, 15) is 4.79 Å². The van der Waals surface area contributed by atoms with Crippen molar-refractivity contribution in [3.8, 4) is 5.75 Å². The summed E-state index contributed by atoms with van der Waals surface area (Å²) in [6.45, 7) is 12.0. The summed E-state index contributed by atoms with van der Waals surface area (Å²) in [7, 11) is 0. The largest absolute Gasteiger partial charge is 0.481 e. The molecule has 1 N–H and O–H groups in total. The van der Waals surface area contributed by atoms with Gasteiger partial charge in [0.25, 0.3) is 5.91 Å². The Bertz CT molecular complexity index is 440. The molecule has 1 aromatic carbocycles. The Morgan fingerprint density at radius 2 is 1.79 bits per heavy atom. The summed E-state index contributed by atoms with van der Waals surface area (Å²) in [6, 6.07) is 6.11. The Morgan fingerprint density at radius 3 is 2.32 bits per heavy atom. The van der Waals surface area contributed by atoms with E-state index in [1.54, 1.807) is 6.92 Å². The van der Waals surface area contributed by atoms with Crippen molar-refractivity contribution >= 4 is 5.91 Å². The van der Waals surface area contributed by atoms with Crippen LogP contribution in [0.3, 0.4) is 0 Å². The van der Waals surface area contributed by atoms with Gasteiger partial charge < -0.3 is 10.1 Å². The van der Waals surface area contributed by atoms with Crippen LogP contribution in [-0.4, -0.2) is 18.1 Å². The van der Waals surface area contributed by atoms with Crippen molar-refractivity contribution < 1.29 is 9.53 Å². The lowest BCUT2D eigenvalue weighted by Gasteiger charge is -2.21. The maximum atomic E-state index is 12.0. The monoisotopic (exact) mass is 263 g/mol. The molecule has 0 saturated heterocycles. The Labute approximate surface area is 116 Å². The predicted molar refractivity (Wildman–Crippen MR) is 78.4 cm³/mol. The minimum absolute atomic E-state index is 0.0684. The molecule has 0 bridgehead atoms. The molecule has 19 heavy (non-hydrogen) atoms. The van der Waals surface area contributed by atoms with Gasteiger partial charge >= 0.3 is 0 Å². The number of nitrogens with one attached hydrogen (secondary N) is 1. The van der Waals surface area contributed by atoms with Crippen molar-refractivity contribution in [1.82, 2.24) is 5.32 Å². The standard InChI is InChI=1S/C16H25NO2/c1-10(2)13(5)17-16(18)14(6)19-15-8-7-11(3)9-12(15)4/h7-10,13-14H,1-6H3,(H,17,18)/t13-,14+/m0/s1. The quantitative estimate of drug-likeness (QED) is 0.885. The fourth-order valence-corrected chi connectivity index (χ4v) is 1.68. The van der Waals surface area contributed by atoms with Crippen LogP contribution < -0.4 is 10.1 Å². The predicted octanol–water partition coefficient (Wildman–Crippen LogP) is 3.23. The van der Waals surface area contributed by atoms with Crippen LogP contribution >= 0.6 is 0 Å². The van der Waals surface area contributed by atoms with Crippen molar-refractivity contribution in [2.24, 2.45) is 5.92 Å². The van der Waals surface area contributed by atoms with Gasteiger partial charge in [-0.25, -0.2) is 0 Å². The minimum atomic E-state index is -0.484. The molecule has 0 spiro atoms. The Morgan fingerprint density at radius 1 is 1.16 bits per heavy atom. The van der Waals surface area contributed by atoms with Crippen molar-refractivity contribution in [2.75, 3.05) is 0 Å². The van der Waals surface area contributed by atoms with Crippen LogP contribution in [0.4, 0.5) is 0 Å². The molecule has 0 aliphatic carbocycles. The Balaban J connectivity index is 2.63. The van der Waals surface area contributed by atoms with Crippen molar-refractivity contribution in [1.29, 1.82) is 0 Å². The number of aryl methyl sites for hydroxylation is 2. The lowest BCUT2D eigenvalue weighted by molar-refractivity contribution is -0.128. The van der Waals surface area contributed by atoms with Crippen LogP contribution in [0.5, 0.6) is 5.75 Å². The molecule has 0 aliphatic heterocycles. The summed E-state index contributed by atoms with van der Waals surface area (Å²) in [4.78, 5) is 12.0. The highest BCUT2D eigenvalue weighted by Crippen LogP contribution is 2.20. The molecular weight excluding hydrogens is 238 g/mol. The lowest BCUT2D eigenvalue weighted by Crippen LogP contribution is -2.43. The first kappa shape index (κ1) is 15.5. The zero-order valence-corrected chi connectivity index (χ0v) is 12.8. The van der Waals surface area contributed by atoms with Crippen LogP contribution in [0.2, 0.25) is 0 Å². The highest BCUT2D eigenvalue weighted by molar-refractivity contribution is 5.81. The van der Waals surface area contributed by atoms with Gasteiger partial charge in [0, 0.05) is 6.04 Å². The van der Waals surface area contributed by atoms with E-state index in [-0.39, 0.29) is 11.9 Å². The van der Waals surface area contributed by atoms with Crippen molar-refractivity contribution in [2.45, 2.75) is 53.7 Å². The zero-order chi connectivity index (χ0) is 14.6. The van der Waals surface area contributed by atoms with E-state index in [1.807, 2.05) is 32.9 Å². The van der Waals surface area contributed by atoms with Gasteiger partial charge in [-0.2, -0.15) is 0 Å². The topological polar surface area (TPSA) is 38.3 Å². The smallest absolute Gasteiger partial charge is 0.260 e. The van der Waals surface area contributed by atoms with Gasteiger partial charge in [0.05, 0.1) is 0 Å². The van der Waals surface area contributed by atoms with Gasteiger partial charge in [0.2, 0.25) is 0 Å². The van der Waals surface area contributed by atoms with E-state index < -0.39 is 6.10 Å². The summed E-state index contributed by atoms with van der Waals surface area (Å²) < 4.78 is 5.73. The molecule has 0 fully saturated rings. The van der Waals surface area contributed by atoms with Gasteiger partial charge in [-0.3, -0.25) is 4.79 Å². The Hall–Kier alpha value is -1.51. The third-order valence-corrected chi connectivity index (χ3v) is 3.37. The molecule has 0 radical (unpaired) electrons. The van der Waals surface area contributed by atoms with Crippen molar-refractivity contribution in [3.63, 3.8) is 0 Å². The summed E-state index contributed by atoms with van der Waals surface area (Å²) in [5, 5.41) is 2.97. The van der Waals surface area contributed by atoms with Crippen molar-refractivity contribution in [3.05, 3.63) is 29.3 Å². The molecule has 3 heteroatoms. The second kappa shape index (κ2) is 6.60. The van der Waals surface area contributed by atoms with Gasteiger partial charge in [0.1, 0.15) is 5.75 Å². The third kappa shape index (κ3) is 4.58. The van der Waals surface area contributed by atoms with Crippen LogP contribution in [0.1, 0.15) is 38.8 Å². The highest BCUT2D eigenvalue weighted by Gasteiger charge is 2.18. The van der Waals surface area contributed by atoms with Gasteiger partial charge in [-0.05, 0) is 45.2 Å². The molecular formula is C16H25NO2. The summed E-state index contributed by atoms with van der Waals surface area (Å²) in [5.41, 5.74) is 2.24. The van der Waals surface area contributed by atoms with Crippen LogP contribution in [0.15, 0.2) is 18.2 Å². The van der Waals surface area contributed by atoms with Gasteiger partial charge in [-0.1, -0.05) is 31.5 Å². The molecule has 0 heterocycles. The molecule has 3 nitrogen and oxygen atoms in total. The molecule has 0 aromatic heterocycles. The Kier molecular flexibility index (Phi) is 5.40. The van der Waals surface area contributed by atoms with Gasteiger partial charge in [0.15, 0.2) is 6.10 Å². The number of rotatable bonds is 5. The summed E-state index contributed by atoms with van der Waals surface area (Å²) in [5.74, 6) is 1.11. The average Bonchev–Trinajstić information content (AvgIpc) is 2.32. The molecule has 0 aliphatic rings. The molecule has 0 unspecified atom stereocenters. The molecule has 1 amide bonds. The molecule has 1 aromatic rings. The number of ether oxygens (including phenoxy) is 1. The normalized spacial score (nSPS) is 14.1. The van der Waals surface area contributed by atoms with Crippen LogP contribution in [0, 0.1) is 19.8 Å². The number of carbonyl (C=O) groups excluding carboxylic acids is 1. The summed E-state index contributed by atoms with van der Waals surface area (Å²) in [6.07, 6.45) is -0.484. The number of benzene rings is 1. The fraction of sp³-hybridized carbons (Fsp3) is 0.562. The zero-order valence-electron chi connectivity index (χ0n) is 12.8. The average molecular weight is 263 g/mol. The van der Waals surface area contributed by atoms with E-state index >= 15 is 0 Å². The highest BCUT2D eigenvalue weighted by atomic mass is 16.5.